The Morgan fingerprint density at radius 1 is 1.59 bits per heavy atom. The molecule has 0 radical (unpaired) electrons. The number of nitrogens with zero attached hydrogens (tertiary/aromatic N) is 1. The van der Waals surface area contributed by atoms with Crippen LogP contribution in [0.4, 0.5) is 5.88 Å². The predicted octanol–water partition coefficient (Wildman–Crippen LogP) is 1.10. The molecule has 1 atom stereocenters. The molecule has 1 saturated heterocycles. The van der Waals surface area contributed by atoms with Crippen LogP contribution in [0.5, 0.6) is 0 Å². The molecule has 1 aliphatic rings. The lowest BCUT2D eigenvalue weighted by Gasteiger charge is -2.09. The number of rotatable bonds is 4. The number of hydrogen-bond donors (Lipinski definition) is 1. The van der Waals surface area contributed by atoms with Gasteiger partial charge in [-0.2, -0.15) is 0 Å². The van der Waals surface area contributed by atoms with E-state index in [-0.39, 0.29) is 11.9 Å². The van der Waals surface area contributed by atoms with Crippen molar-refractivity contribution < 1.29 is 18.9 Å². The molecular weight excluding hydrogens is 228 g/mol. The summed E-state index contributed by atoms with van der Waals surface area (Å²) >= 11 is 0. The van der Waals surface area contributed by atoms with Crippen LogP contribution < -0.4 is 5.32 Å². The van der Waals surface area contributed by atoms with E-state index in [1.165, 1.54) is 6.07 Å². The molecule has 17 heavy (non-hydrogen) atoms. The molecule has 1 N–H and O–H groups in total. The molecule has 1 aromatic rings. The molecule has 0 aromatic carbocycles. The Labute approximate surface area is 96.9 Å². The van der Waals surface area contributed by atoms with Gasteiger partial charge in [-0.3, -0.25) is 14.9 Å². The molecule has 2 heterocycles. The molecule has 0 bridgehead atoms. The van der Waals surface area contributed by atoms with E-state index < -0.39 is 16.7 Å². The second kappa shape index (κ2) is 4.96. The lowest BCUT2D eigenvalue weighted by atomic mass is 10.2. The van der Waals surface area contributed by atoms with E-state index in [1.54, 1.807) is 0 Å². The van der Waals surface area contributed by atoms with Crippen LogP contribution in [-0.4, -0.2) is 30.1 Å². The highest BCUT2D eigenvalue weighted by atomic mass is 16.6. The summed E-state index contributed by atoms with van der Waals surface area (Å²) in [5.41, 5.74) is 0. The van der Waals surface area contributed by atoms with E-state index in [0.717, 1.165) is 18.9 Å². The van der Waals surface area contributed by atoms with E-state index in [4.69, 9.17) is 9.15 Å². The lowest BCUT2D eigenvalue weighted by molar-refractivity contribution is -0.402. The molecule has 1 aliphatic heterocycles. The lowest BCUT2D eigenvalue weighted by Crippen LogP contribution is -2.31. The van der Waals surface area contributed by atoms with Crippen molar-refractivity contribution in [1.29, 1.82) is 0 Å². The Balaban J connectivity index is 1.87. The first-order chi connectivity index (χ1) is 8.16. The number of furan rings is 1. The van der Waals surface area contributed by atoms with Gasteiger partial charge >= 0.3 is 5.88 Å². The maximum Gasteiger partial charge on any atom is 0.433 e. The Kier molecular flexibility index (Phi) is 3.38. The minimum atomic E-state index is -0.684. The summed E-state index contributed by atoms with van der Waals surface area (Å²) in [5.74, 6) is -0.962. The fourth-order valence-electron chi connectivity index (χ4n) is 1.65. The fourth-order valence-corrected chi connectivity index (χ4v) is 1.65. The largest absolute Gasteiger partial charge is 0.433 e. The quantitative estimate of drug-likeness (QED) is 0.628. The molecule has 0 unspecified atom stereocenters. The van der Waals surface area contributed by atoms with Crippen LogP contribution in [0, 0.1) is 10.1 Å². The molecule has 0 spiro atoms. The maximum atomic E-state index is 11.6. The highest BCUT2D eigenvalue weighted by Crippen LogP contribution is 2.16. The topological polar surface area (TPSA) is 94.6 Å². The SMILES string of the molecule is O=C(NC[C@@H]1CCCO1)c1ccc([N+](=O)[O-])o1. The number of nitrogens with one attached hydrogen (secondary N) is 1. The number of nitro groups is 1. The summed E-state index contributed by atoms with van der Waals surface area (Å²) in [5, 5.41) is 13.0. The summed E-state index contributed by atoms with van der Waals surface area (Å²) in [6, 6.07) is 2.43. The van der Waals surface area contributed by atoms with Gasteiger partial charge in [-0.15, -0.1) is 0 Å². The molecular formula is C10H12N2O5. The summed E-state index contributed by atoms with van der Waals surface area (Å²) in [6.07, 6.45) is 1.94. The Bertz CT molecular complexity index is 422. The number of hydrogen-bond acceptors (Lipinski definition) is 5. The molecule has 7 heteroatoms. The third kappa shape index (κ3) is 2.82. The first kappa shape index (κ1) is 11.6. The van der Waals surface area contributed by atoms with Crippen molar-refractivity contribution >= 4 is 11.8 Å². The van der Waals surface area contributed by atoms with Gasteiger partial charge in [0.05, 0.1) is 12.2 Å². The van der Waals surface area contributed by atoms with Gasteiger partial charge in [-0.25, -0.2) is 0 Å². The van der Waals surface area contributed by atoms with Crippen molar-refractivity contribution in [3.05, 3.63) is 28.0 Å². The zero-order chi connectivity index (χ0) is 12.3. The van der Waals surface area contributed by atoms with Crippen LogP contribution >= 0.6 is 0 Å². The van der Waals surface area contributed by atoms with Crippen molar-refractivity contribution in [2.45, 2.75) is 18.9 Å². The molecule has 1 amide bonds. The third-order valence-electron chi connectivity index (χ3n) is 2.51. The van der Waals surface area contributed by atoms with Crippen LogP contribution in [-0.2, 0) is 4.74 Å². The molecule has 92 valence electrons. The molecule has 1 fully saturated rings. The number of ether oxygens (including phenoxy) is 1. The molecule has 7 nitrogen and oxygen atoms in total. The second-order valence-electron chi connectivity index (χ2n) is 3.74. The van der Waals surface area contributed by atoms with Crippen molar-refractivity contribution in [3.8, 4) is 0 Å². The molecule has 0 saturated carbocycles. The van der Waals surface area contributed by atoms with Gasteiger partial charge in [-0.05, 0) is 18.9 Å². The van der Waals surface area contributed by atoms with Crippen molar-refractivity contribution in [3.63, 3.8) is 0 Å². The highest BCUT2D eigenvalue weighted by Gasteiger charge is 2.20. The van der Waals surface area contributed by atoms with Crippen LogP contribution in [0.2, 0.25) is 0 Å². The molecule has 0 aliphatic carbocycles. The van der Waals surface area contributed by atoms with Crippen LogP contribution in [0.1, 0.15) is 23.4 Å². The zero-order valence-electron chi connectivity index (χ0n) is 9.05. The molecule has 2 rings (SSSR count). The summed E-state index contributed by atoms with van der Waals surface area (Å²) in [7, 11) is 0. The normalized spacial score (nSPS) is 19.2. The third-order valence-corrected chi connectivity index (χ3v) is 2.51. The van der Waals surface area contributed by atoms with Gasteiger partial charge in [0.25, 0.3) is 5.91 Å². The predicted molar refractivity (Wildman–Crippen MR) is 56.7 cm³/mol. The average Bonchev–Trinajstić information content (AvgIpc) is 2.96. The zero-order valence-corrected chi connectivity index (χ0v) is 9.05. The summed E-state index contributed by atoms with van der Waals surface area (Å²) in [4.78, 5) is 21.2. The van der Waals surface area contributed by atoms with Gasteiger partial charge in [0.15, 0.2) is 5.76 Å². The second-order valence-corrected chi connectivity index (χ2v) is 3.74. The smallest absolute Gasteiger partial charge is 0.395 e. The van der Waals surface area contributed by atoms with Crippen LogP contribution in [0.25, 0.3) is 0 Å². The number of carbonyl (C=O) groups is 1. The van der Waals surface area contributed by atoms with E-state index >= 15 is 0 Å². The fraction of sp³-hybridized carbons (Fsp3) is 0.500. The first-order valence-electron chi connectivity index (χ1n) is 5.31. The van der Waals surface area contributed by atoms with E-state index in [9.17, 15) is 14.9 Å². The van der Waals surface area contributed by atoms with Gasteiger partial charge in [0.1, 0.15) is 4.92 Å². The monoisotopic (exact) mass is 240 g/mol. The summed E-state index contributed by atoms with van der Waals surface area (Å²) < 4.78 is 10.1. The van der Waals surface area contributed by atoms with Crippen molar-refractivity contribution in [1.82, 2.24) is 5.32 Å². The van der Waals surface area contributed by atoms with Gasteiger partial charge < -0.3 is 14.5 Å². The number of amides is 1. The Morgan fingerprint density at radius 3 is 3.00 bits per heavy atom. The van der Waals surface area contributed by atoms with E-state index in [1.807, 2.05) is 0 Å². The Hall–Kier alpha value is -1.89. The maximum absolute atomic E-state index is 11.6. The molecule has 1 aromatic heterocycles. The highest BCUT2D eigenvalue weighted by molar-refractivity contribution is 5.91. The standard InChI is InChI=1S/C10H12N2O5/c13-10(11-6-7-2-1-5-16-7)8-3-4-9(17-8)12(14)15/h3-4,7H,1-2,5-6H2,(H,11,13)/t7-/m0/s1. The van der Waals surface area contributed by atoms with E-state index in [0.29, 0.717) is 13.2 Å². The van der Waals surface area contributed by atoms with Crippen LogP contribution in [0.3, 0.4) is 0 Å². The summed E-state index contributed by atoms with van der Waals surface area (Å²) in [6.45, 7) is 1.11. The van der Waals surface area contributed by atoms with Crippen molar-refractivity contribution in [2.75, 3.05) is 13.2 Å². The van der Waals surface area contributed by atoms with Gasteiger partial charge in [0.2, 0.25) is 0 Å². The van der Waals surface area contributed by atoms with Crippen LogP contribution in [0.15, 0.2) is 16.5 Å². The number of carbonyl (C=O) groups excluding carboxylic acids is 1. The Morgan fingerprint density at radius 2 is 2.41 bits per heavy atom. The van der Waals surface area contributed by atoms with Crippen molar-refractivity contribution in [2.24, 2.45) is 0 Å². The van der Waals surface area contributed by atoms with Gasteiger partial charge in [0, 0.05) is 13.2 Å². The van der Waals surface area contributed by atoms with E-state index in [2.05, 4.69) is 5.32 Å². The van der Waals surface area contributed by atoms with Gasteiger partial charge in [-0.1, -0.05) is 0 Å². The minimum Gasteiger partial charge on any atom is -0.395 e. The average molecular weight is 240 g/mol. The first-order valence-corrected chi connectivity index (χ1v) is 5.31. The minimum absolute atomic E-state index is 0.0314.